The van der Waals surface area contributed by atoms with Crippen molar-refractivity contribution in [2.75, 3.05) is 0 Å². The van der Waals surface area contributed by atoms with Crippen molar-refractivity contribution in [2.45, 2.75) is 83.1 Å². The third kappa shape index (κ3) is 17.3. The van der Waals surface area contributed by atoms with Crippen LogP contribution in [0.25, 0.3) is 11.1 Å². The summed E-state index contributed by atoms with van der Waals surface area (Å²) in [6, 6.07) is 10.1. The molecule has 0 heterocycles. The fourth-order valence-corrected chi connectivity index (χ4v) is 6.87. The Bertz CT molecular complexity index is 3350. The predicted octanol–water partition coefficient (Wildman–Crippen LogP) is 7.83. The summed E-state index contributed by atoms with van der Waals surface area (Å²) in [4.78, 5) is 152. The van der Waals surface area contributed by atoms with Crippen LogP contribution in [0.3, 0.4) is 0 Å². The molecule has 0 amide bonds. The molecule has 0 fully saturated rings. The van der Waals surface area contributed by atoms with Gasteiger partial charge in [0.15, 0.2) is 46.0 Å². The minimum absolute atomic E-state index is 0.275. The van der Waals surface area contributed by atoms with Crippen LogP contribution in [-0.2, 0) is 57.5 Å². The highest BCUT2D eigenvalue weighted by atomic mass is 16.6. The van der Waals surface area contributed by atoms with Crippen LogP contribution in [0.5, 0.6) is 103 Å². The first kappa shape index (κ1) is 61.0. The van der Waals surface area contributed by atoms with Gasteiger partial charge in [0.2, 0.25) is 17.2 Å². The fourth-order valence-electron chi connectivity index (χ4n) is 6.87. The van der Waals surface area contributed by atoms with Gasteiger partial charge in [-0.25, -0.2) is 0 Å². The molecule has 0 N–H and O–H groups in total. The Morgan fingerprint density at radius 2 is 0.506 bits per heavy atom. The van der Waals surface area contributed by atoms with Crippen molar-refractivity contribution >= 4 is 71.6 Å². The Hall–Kier alpha value is -10.9. The van der Waals surface area contributed by atoms with Crippen molar-refractivity contribution in [3.05, 3.63) is 60.7 Å². The molecule has 0 bridgehead atoms. The second kappa shape index (κ2) is 26.5. The molecule has 5 aromatic carbocycles. The lowest BCUT2D eigenvalue weighted by Gasteiger charge is -2.25. The van der Waals surface area contributed by atoms with Crippen LogP contribution >= 0.6 is 0 Å². The molecular weight excluding hydrogens is 1080 g/mol. The maximum atomic E-state index is 13.6. The summed E-state index contributed by atoms with van der Waals surface area (Å²) >= 11 is 0. The molecule has 0 aliphatic rings. The van der Waals surface area contributed by atoms with Gasteiger partial charge < -0.3 is 71.1 Å². The first-order chi connectivity index (χ1) is 38.0. The Kier molecular flexibility index (Phi) is 19.9. The molecule has 81 heavy (non-hydrogen) atoms. The second-order valence-electron chi connectivity index (χ2n) is 16.2. The number of carbonyl (C=O) groups is 12. The van der Waals surface area contributed by atoms with Gasteiger partial charge in [-0.2, -0.15) is 0 Å². The lowest BCUT2D eigenvalue weighted by atomic mass is 9.99. The first-order valence-electron chi connectivity index (χ1n) is 23.1. The quantitative estimate of drug-likeness (QED) is 0.0561. The van der Waals surface area contributed by atoms with E-state index in [9.17, 15) is 57.5 Å². The monoisotopic (exact) mass is 1130 g/mol. The molecule has 27 nitrogen and oxygen atoms in total. The van der Waals surface area contributed by atoms with Crippen LogP contribution in [-0.4, -0.2) is 71.6 Å². The Morgan fingerprint density at radius 1 is 0.210 bits per heavy atom. The zero-order valence-corrected chi connectivity index (χ0v) is 44.8. The summed E-state index contributed by atoms with van der Waals surface area (Å²) in [5, 5.41) is 0. The van der Waals surface area contributed by atoms with Crippen molar-refractivity contribution in [3.63, 3.8) is 0 Å². The van der Waals surface area contributed by atoms with Gasteiger partial charge in [-0.3, -0.25) is 57.5 Å². The highest BCUT2D eigenvalue weighted by Gasteiger charge is 2.35. The van der Waals surface area contributed by atoms with Gasteiger partial charge in [0.25, 0.3) is 0 Å². The van der Waals surface area contributed by atoms with Gasteiger partial charge in [0.05, 0.1) is 11.1 Å². The molecule has 27 heteroatoms. The fraction of sp³-hybridized carbons (Fsp3) is 0.222. The molecule has 0 atom stereocenters. The topological polar surface area (TPSA) is 343 Å². The standard InChI is InChI=1S/C54H46O27/c1-23(55)67-35-13-14-39(79-38-20-44(72-28(6)60)51(77-33(11)65)45(21-38)73-29(7)61)40(15-35)80-53-48(76-32(10)64)22-43(81-52-46(74-30(8)62)18-37(69-25(3)57)19-47(52)75-31(9)63)50(54(53)78-34(12)66)49-41(70-26(4)58)16-36(68-24(2)56)17-42(49)71-27(5)59/h13-22H,1-12H3. The van der Waals surface area contributed by atoms with Crippen LogP contribution in [0.1, 0.15) is 83.1 Å². The summed E-state index contributed by atoms with van der Waals surface area (Å²) in [6.45, 7) is 11.6. The van der Waals surface area contributed by atoms with Gasteiger partial charge >= 0.3 is 71.6 Å². The van der Waals surface area contributed by atoms with Crippen molar-refractivity contribution in [1.82, 2.24) is 0 Å². The average Bonchev–Trinajstić information content (AvgIpc) is 3.45. The lowest BCUT2D eigenvalue weighted by Crippen LogP contribution is -2.12. The van der Waals surface area contributed by atoms with Crippen LogP contribution in [0, 0.1) is 0 Å². The molecule has 0 radical (unpaired) electrons. The SMILES string of the molecule is CC(=O)Oc1ccc(Oc2cc(OC(C)=O)c(OC(C)=O)c(OC(C)=O)c2)c(Oc2c(OC(C)=O)cc(Oc3c(OC(C)=O)cc(OC(C)=O)cc3OC(C)=O)c(-c3c(OC(C)=O)cc(OC(C)=O)cc3OC(C)=O)c2OC(C)=O)c1. The molecule has 0 saturated heterocycles. The van der Waals surface area contributed by atoms with Crippen molar-refractivity contribution in [3.8, 4) is 115 Å². The van der Waals surface area contributed by atoms with Gasteiger partial charge in [-0.05, 0) is 12.1 Å². The van der Waals surface area contributed by atoms with E-state index in [-0.39, 0.29) is 17.2 Å². The maximum Gasteiger partial charge on any atom is 0.308 e. The second-order valence-corrected chi connectivity index (χ2v) is 16.2. The minimum Gasteiger partial charge on any atom is -0.453 e. The van der Waals surface area contributed by atoms with Gasteiger partial charge in [-0.1, -0.05) is 0 Å². The molecule has 0 spiro atoms. The van der Waals surface area contributed by atoms with E-state index in [0.717, 1.165) is 138 Å². The van der Waals surface area contributed by atoms with E-state index in [2.05, 4.69) is 0 Å². The molecule has 0 aromatic heterocycles. The Morgan fingerprint density at radius 3 is 0.901 bits per heavy atom. The first-order valence-corrected chi connectivity index (χ1v) is 23.1. The van der Waals surface area contributed by atoms with E-state index in [4.69, 9.17) is 71.1 Å². The van der Waals surface area contributed by atoms with Crippen molar-refractivity contribution in [2.24, 2.45) is 0 Å². The van der Waals surface area contributed by atoms with Gasteiger partial charge in [0, 0.05) is 132 Å². The molecular formula is C54H46O27. The zero-order valence-electron chi connectivity index (χ0n) is 44.8. The average molecular weight is 1130 g/mol. The predicted molar refractivity (Wildman–Crippen MR) is 267 cm³/mol. The molecule has 424 valence electrons. The third-order valence-electron chi connectivity index (χ3n) is 9.06. The van der Waals surface area contributed by atoms with Crippen molar-refractivity contribution < 1.29 is 129 Å². The molecule has 5 rings (SSSR count). The highest BCUT2D eigenvalue weighted by molar-refractivity contribution is 5.95. The summed E-state index contributed by atoms with van der Waals surface area (Å²) in [5.74, 6) is -22.7. The molecule has 0 aliphatic carbocycles. The molecule has 0 unspecified atom stereocenters. The summed E-state index contributed by atoms with van der Waals surface area (Å²) in [5.41, 5.74) is -1.32. The van der Waals surface area contributed by atoms with E-state index in [1.165, 1.54) is 6.07 Å². The van der Waals surface area contributed by atoms with Gasteiger partial charge in [-0.15, -0.1) is 0 Å². The highest BCUT2D eigenvalue weighted by Crippen LogP contribution is 2.59. The maximum absolute atomic E-state index is 13.6. The summed E-state index contributed by atoms with van der Waals surface area (Å²) < 4.78 is 84.3. The third-order valence-corrected chi connectivity index (χ3v) is 9.06. The molecule has 0 saturated carbocycles. The van der Waals surface area contributed by atoms with Crippen LogP contribution in [0.4, 0.5) is 0 Å². The minimum atomic E-state index is -1.22. The number of hydrogen-bond donors (Lipinski definition) is 0. The molecule has 0 aliphatic heterocycles. The van der Waals surface area contributed by atoms with Crippen LogP contribution < -0.4 is 71.1 Å². The van der Waals surface area contributed by atoms with E-state index < -0.39 is 169 Å². The van der Waals surface area contributed by atoms with E-state index in [1.807, 2.05) is 0 Å². The normalized spacial score (nSPS) is 10.3. The van der Waals surface area contributed by atoms with E-state index in [0.29, 0.717) is 0 Å². The van der Waals surface area contributed by atoms with Crippen LogP contribution in [0.2, 0.25) is 0 Å². The van der Waals surface area contributed by atoms with Gasteiger partial charge in [0.1, 0.15) is 40.2 Å². The Balaban J connectivity index is 2.05. The largest absolute Gasteiger partial charge is 0.453 e. The number of ether oxygens (including phenoxy) is 15. The van der Waals surface area contributed by atoms with E-state index in [1.54, 1.807) is 0 Å². The number of carbonyl (C=O) groups excluding carboxylic acids is 12. The zero-order chi connectivity index (χ0) is 60.2. The van der Waals surface area contributed by atoms with Crippen molar-refractivity contribution in [1.29, 1.82) is 0 Å². The lowest BCUT2D eigenvalue weighted by molar-refractivity contribution is -0.135. The van der Waals surface area contributed by atoms with Crippen LogP contribution in [0.15, 0.2) is 60.7 Å². The number of benzene rings is 5. The summed E-state index contributed by atoms with van der Waals surface area (Å²) in [6.07, 6.45) is 0. The number of rotatable bonds is 19. The smallest absolute Gasteiger partial charge is 0.308 e. The van der Waals surface area contributed by atoms with E-state index >= 15 is 0 Å². The number of hydrogen-bond acceptors (Lipinski definition) is 27. The number of esters is 12. The molecule has 5 aromatic rings. The summed E-state index contributed by atoms with van der Waals surface area (Å²) in [7, 11) is 0. The Labute approximate surface area is 457 Å².